The van der Waals surface area contributed by atoms with Crippen molar-refractivity contribution >= 4 is 17.4 Å². The van der Waals surface area contributed by atoms with Crippen molar-refractivity contribution in [1.29, 1.82) is 0 Å². The molecular weight excluding hydrogens is 462 g/mol. The number of nitrogens with zero attached hydrogens (tertiary/aromatic N) is 1. The van der Waals surface area contributed by atoms with Gasteiger partial charge in [0.05, 0.1) is 25.3 Å². The standard InChI is InChI=1S/C28H23NO7/c1-33-20-4-2-3-18(13-20)25-24(26(30)19-6-8-21-17(12-19)9-10-34-21)27(31)28(32)29(25)14-16-5-7-22-23(11-16)36-15-35-22/h2-8,11-13,25,30H,9-10,14-15H2,1H3/b26-24+. The number of ether oxygens (including phenoxy) is 4. The minimum absolute atomic E-state index is 0.0351. The fraction of sp³-hybridized carbons (Fsp3) is 0.214. The largest absolute Gasteiger partial charge is 0.507 e. The zero-order valence-electron chi connectivity index (χ0n) is 19.5. The monoisotopic (exact) mass is 485 g/mol. The predicted molar refractivity (Wildman–Crippen MR) is 129 cm³/mol. The normalized spacial score (nSPS) is 19.4. The molecule has 1 N–H and O–H groups in total. The number of amides is 1. The summed E-state index contributed by atoms with van der Waals surface area (Å²) < 4.78 is 21.8. The molecule has 1 saturated heterocycles. The van der Waals surface area contributed by atoms with E-state index in [1.54, 1.807) is 49.6 Å². The van der Waals surface area contributed by atoms with Crippen molar-refractivity contribution in [2.45, 2.75) is 19.0 Å². The van der Waals surface area contributed by atoms with Crippen molar-refractivity contribution in [3.8, 4) is 23.0 Å². The average Bonchev–Trinajstić information content (AvgIpc) is 3.62. The highest BCUT2D eigenvalue weighted by Crippen LogP contribution is 2.42. The van der Waals surface area contributed by atoms with Crippen LogP contribution in [0.15, 0.2) is 66.2 Å². The Bertz CT molecular complexity index is 1430. The smallest absolute Gasteiger partial charge is 0.295 e. The Hall–Kier alpha value is -4.46. The van der Waals surface area contributed by atoms with Gasteiger partial charge in [0.2, 0.25) is 6.79 Å². The van der Waals surface area contributed by atoms with Crippen molar-refractivity contribution in [3.05, 3.63) is 88.5 Å². The van der Waals surface area contributed by atoms with Gasteiger partial charge in [-0.1, -0.05) is 18.2 Å². The lowest BCUT2D eigenvalue weighted by atomic mass is 9.94. The number of hydrogen-bond donors (Lipinski definition) is 1. The number of carbonyl (C=O) groups excluding carboxylic acids is 2. The van der Waals surface area contributed by atoms with Crippen LogP contribution in [0.3, 0.4) is 0 Å². The molecule has 1 atom stereocenters. The Kier molecular flexibility index (Phi) is 5.29. The maximum absolute atomic E-state index is 13.4. The zero-order valence-corrected chi connectivity index (χ0v) is 19.5. The summed E-state index contributed by atoms with van der Waals surface area (Å²) in [5.74, 6) is 0.913. The van der Waals surface area contributed by atoms with E-state index in [4.69, 9.17) is 18.9 Å². The van der Waals surface area contributed by atoms with Gasteiger partial charge in [-0.15, -0.1) is 0 Å². The summed E-state index contributed by atoms with van der Waals surface area (Å²) in [6.07, 6.45) is 0.716. The molecule has 1 unspecified atom stereocenters. The number of carbonyl (C=O) groups is 2. The number of fused-ring (bicyclic) bond motifs is 2. The van der Waals surface area contributed by atoms with E-state index in [-0.39, 0.29) is 24.7 Å². The summed E-state index contributed by atoms with van der Waals surface area (Å²) in [5, 5.41) is 11.4. The van der Waals surface area contributed by atoms with Gasteiger partial charge < -0.3 is 29.0 Å². The van der Waals surface area contributed by atoms with Crippen LogP contribution in [0.25, 0.3) is 5.76 Å². The van der Waals surface area contributed by atoms with Gasteiger partial charge in [0, 0.05) is 18.5 Å². The van der Waals surface area contributed by atoms with Gasteiger partial charge >= 0.3 is 0 Å². The van der Waals surface area contributed by atoms with Crippen LogP contribution in [0.1, 0.15) is 28.3 Å². The number of aliphatic hydroxyl groups is 1. The maximum atomic E-state index is 13.4. The molecule has 3 heterocycles. The molecule has 36 heavy (non-hydrogen) atoms. The van der Waals surface area contributed by atoms with Crippen LogP contribution < -0.4 is 18.9 Å². The Morgan fingerprint density at radius 2 is 1.83 bits per heavy atom. The number of Topliss-reactive ketones (excluding diaryl/α,β-unsaturated/α-hetero) is 1. The Balaban J connectivity index is 1.46. The second-order valence-electron chi connectivity index (χ2n) is 8.81. The van der Waals surface area contributed by atoms with Crippen LogP contribution >= 0.6 is 0 Å². The zero-order chi connectivity index (χ0) is 24.8. The summed E-state index contributed by atoms with van der Waals surface area (Å²) in [5.41, 5.74) is 2.87. The first-order valence-corrected chi connectivity index (χ1v) is 11.6. The van der Waals surface area contributed by atoms with Crippen LogP contribution in [-0.2, 0) is 22.6 Å². The highest BCUT2D eigenvalue weighted by molar-refractivity contribution is 6.46. The van der Waals surface area contributed by atoms with Crippen LogP contribution in [0.2, 0.25) is 0 Å². The van der Waals surface area contributed by atoms with Gasteiger partial charge in [0.25, 0.3) is 11.7 Å². The third-order valence-electron chi connectivity index (χ3n) is 6.70. The highest BCUT2D eigenvalue weighted by Gasteiger charge is 2.46. The van der Waals surface area contributed by atoms with E-state index in [0.717, 1.165) is 16.9 Å². The predicted octanol–water partition coefficient (Wildman–Crippen LogP) is 3.98. The Morgan fingerprint density at radius 3 is 2.69 bits per heavy atom. The second kappa shape index (κ2) is 8.64. The average molecular weight is 485 g/mol. The molecule has 8 heteroatoms. The van der Waals surface area contributed by atoms with Crippen LogP contribution in [0, 0.1) is 0 Å². The number of rotatable bonds is 5. The minimum Gasteiger partial charge on any atom is -0.507 e. The maximum Gasteiger partial charge on any atom is 0.295 e. The molecule has 3 aromatic rings. The molecule has 182 valence electrons. The molecule has 3 aliphatic rings. The van der Waals surface area contributed by atoms with E-state index in [0.29, 0.717) is 41.4 Å². The second-order valence-corrected chi connectivity index (χ2v) is 8.81. The van der Waals surface area contributed by atoms with Gasteiger partial charge in [-0.05, 0) is 59.2 Å². The van der Waals surface area contributed by atoms with E-state index in [1.807, 2.05) is 18.2 Å². The lowest BCUT2D eigenvalue weighted by molar-refractivity contribution is -0.140. The van der Waals surface area contributed by atoms with Crippen molar-refractivity contribution in [3.63, 3.8) is 0 Å². The first kappa shape index (κ1) is 22.0. The first-order chi connectivity index (χ1) is 17.5. The molecule has 0 spiro atoms. The Labute approximate surface area is 207 Å². The molecule has 8 nitrogen and oxygen atoms in total. The number of ketones is 1. The van der Waals surface area contributed by atoms with Crippen molar-refractivity contribution in [2.75, 3.05) is 20.5 Å². The molecule has 3 aromatic carbocycles. The van der Waals surface area contributed by atoms with Gasteiger partial charge in [-0.25, -0.2) is 0 Å². The molecule has 6 rings (SSSR count). The summed E-state index contributed by atoms with van der Waals surface area (Å²) in [7, 11) is 1.55. The third-order valence-corrected chi connectivity index (χ3v) is 6.70. The van der Waals surface area contributed by atoms with E-state index in [1.165, 1.54) is 4.90 Å². The molecule has 1 amide bonds. The van der Waals surface area contributed by atoms with Crippen molar-refractivity contribution < 1.29 is 33.6 Å². The molecule has 0 aromatic heterocycles. The van der Waals surface area contributed by atoms with E-state index in [2.05, 4.69) is 0 Å². The van der Waals surface area contributed by atoms with Gasteiger partial charge in [0.1, 0.15) is 17.3 Å². The number of aliphatic hydroxyl groups excluding tert-OH is 1. The van der Waals surface area contributed by atoms with E-state index in [9.17, 15) is 14.7 Å². The number of methoxy groups -OCH3 is 1. The summed E-state index contributed by atoms with van der Waals surface area (Å²) in [6.45, 7) is 0.847. The SMILES string of the molecule is COc1cccc(C2/C(=C(\O)c3ccc4c(c3)CCO4)C(=O)C(=O)N2Cc2ccc3c(c2)OCO3)c1. The highest BCUT2D eigenvalue weighted by atomic mass is 16.7. The first-order valence-electron chi connectivity index (χ1n) is 11.6. The fourth-order valence-electron chi connectivity index (χ4n) is 4.93. The minimum atomic E-state index is -0.810. The van der Waals surface area contributed by atoms with E-state index < -0.39 is 17.7 Å². The van der Waals surface area contributed by atoms with E-state index >= 15 is 0 Å². The van der Waals surface area contributed by atoms with Crippen molar-refractivity contribution in [2.24, 2.45) is 0 Å². The molecule has 0 radical (unpaired) electrons. The van der Waals surface area contributed by atoms with Crippen LogP contribution in [0.4, 0.5) is 0 Å². The summed E-state index contributed by atoms with van der Waals surface area (Å²) >= 11 is 0. The number of benzene rings is 3. The molecule has 1 fully saturated rings. The van der Waals surface area contributed by atoms with Gasteiger partial charge in [-0.2, -0.15) is 0 Å². The van der Waals surface area contributed by atoms with Gasteiger partial charge in [0.15, 0.2) is 11.5 Å². The fourth-order valence-corrected chi connectivity index (χ4v) is 4.93. The molecule has 3 aliphatic heterocycles. The number of likely N-dealkylation sites (tertiary alicyclic amines) is 1. The number of hydrogen-bond acceptors (Lipinski definition) is 7. The Morgan fingerprint density at radius 1 is 1.00 bits per heavy atom. The lowest BCUT2D eigenvalue weighted by Gasteiger charge is -2.26. The topological polar surface area (TPSA) is 94.5 Å². The quantitative estimate of drug-likeness (QED) is 0.332. The summed E-state index contributed by atoms with van der Waals surface area (Å²) in [6, 6.07) is 17.1. The van der Waals surface area contributed by atoms with Crippen molar-refractivity contribution in [1.82, 2.24) is 4.90 Å². The van der Waals surface area contributed by atoms with Crippen LogP contribution in [-0.4, -0.2) is 42.2 Å². The molecule has 0 aliphatic carbocycles. The third kappa shape index (κ3) is 3.62. The van der Waals surface area contributed by atoms with Crippen LogP contribution in [0.5, 0.6) is 23.0 Å². The molecule has 0 bridgehead atoms. The van der Waals surface area contributed by atoms with Gasteiger partial charge in [-0.3, -0.25) is 9.59 Å². The lowest BCUT2D eigenvalue weighted by Crippen LogP contribution is -2.29. The molecular formula is C28H23NO7. The summed E-state index contributed by atoms with van der Waals surface area (Å²) in [4.78, 5) is 28.2. The molecule has 0 saturated carbocycles.